The number of rotatable bonds is 6. The molecule has 1 aromatic heterocycles. The Morgan fingerprint density at radius 3 is 3.05 bits per heavy atom. The molecule has 0 radical (unpaired) electrons. The molecule has 1 heterocycles. The normalized spacial score (nSPS) is 19.7. The zero-order chi connectivity index (χ0) is 15.4. The van der Waals surface area contributed by atoms with Gasteiger partial charge in [0.2, 0.25) is 0 Å². The fourth-order valence-corrected chi connectivity index (χ4v) is 2.71. The third-order valence-corrected chi connectivity index (χ3v) is 3.96. The minimum atomic E-state index is -0.130. The predicted octanol–water partition coefficient (Wildman–Crippen LogP) is 2.64. The van der Waals surface area contributed by atoms with Crippen molar-refractivity contribution in [2.24, 2.45) is 5.92 Å². The average Bonchev–Trinajstić information content (AvgIpc) is 3.01. The van der Waals surface area contributed by atoms with E-state index in [9.17, 15) is 4.79 Å². The van der Waals surface area contributed by atoms with Gasteiger partial charge in [0.1, 0.15) is 12.7 Å². The van der Waals surface area contributed by atoms with Crippen LogP contribution in [0.25, 0.3) is 0 Å². The highest BCUT2D eigenvalue weighted by atomic mass is 16.2. The van der Waals surface area contributed by atoms with Gasteiger partial charge in [-0.3, -0.25) is 0 Å². The predicted molar refractivity (Wildman–Crippen MR) is 84.5 cm³/mol. The Labute approximate surface area is 129 Å². The highest BCUT2D eigenvalue weighted by molar-refractivity contribution is 5.90. The van der Waals surface area contributed by atoms with E-state index in [2.05, 4.69) is 27.6 Å². The summed E-state index contributed by atoms with van der Waals surface area (Å²) in [6.07, 6.45) is 6.63. The van der Waals surface area contributed by atoms with Crippen molar-refractivity contribution in [2.45, 2.75) is 38.8 Å². The molecule has 1 aromatic carbocycles. The zero-order valence-corrected chi connectivity index (χ0v) is 12.7. The number of benzene rings is 1. The SMILES string of the molecule is CCC[C@@H]1C[C@H]1NC(=O)Nc1ccccc1Cn1cncn1. The summed E-state index contributed by atoms with van der Waals surface area (Å²) in [7, 11) is 0. The van der Waals surface area contributed by atoms with Crippen LogP contribution >= 0.6 is 0 Å². The number of urea groups is 1. The van der Waals surface area contributed by atoms with E-state index in [0.29, 0.717) is 18.5 Å². The Morgan fingerprint density at radius 2 is 2.27 bits per heavy atom. The van der Waals surface area contributed by atoms with Crippen LogP contribution in [0.15, 0.2) is 36.9 Å². The van der Waals surface area contributed by atoms with Gasteiger partial charge in [0.05, 0.1) is 6.54 Å². The Hall–Kier alpha value is -2.37. The molecule has 2 aromatic rings. The minimum absolute atomic E-state index is 0.130. The Kier molecular flexibility index (Phi) is 4.37. The van der Waals surface area contributed by atoms with Gasteiger partial charge in [-0.15, -0.1) is 0 Å². The molecule has 3 rings (SSSR count). The van der Waals surface area contributed by atoms with Gasteiger partial charge in [0.15, 0.2) is 0 Å². The molecule has 116 valence electrons. The number of aromatic nitrogens is 3. The van der Waals surface area contributed by atoms with Crippen LogP contribution < -0.4 is 10.6 Å². The van der Waals surface area contributed by atoms with Gasteiger partial charge in [0.25, 0.3) is 0 Å². The van der Waals surface area contributed by atoms with Crippen LogP contribution in [0.5, 0.6) is 0 Å². The second kappa shape index (κ2) is 6.60. The van der Waals surface area contributed by atoms with Crippen molar-refractivity contribution in [3.63, 3.8) is 0 Å². The summed E-state index contributed by atoms with van der Waals surface area (Å²) in [5.41, 5.74) is 1.81. The molecular weight excluding hydrogens is 278 g/mol. The highest BCUT2D eigenvalue weighted by Crippen LogP contribution is 2.34. The number of para-hydroxylation sites is 1. The fraction of sp³-hybridized carbons (Fsp3) is 0.438. The first-order valence-electron chi connectivity index (χ1n) is 7.74. The van der Waals surface area contributed by atoms with E-state index in [4.69, 9.17) is 0 Å². The number of hydrogen-bond donors (Lipinski definition) is 2. The van der Waals surface area contributed by atoms with Gasteiger partial charge in [-0.25, -0.2) is 14.5 Å². The molecule has 6 heteroatoms. The largest absolute Gasteiger partial charge is 0.335 e. The van der Waals surface area contributed by atoms with Crippen LogP contribution in [0.1, 0.15) is 31.7 Å². The Morgan fingerprint density at radius 1 is 1.41 bits per heavy atom. The number of hydrogen-bond acceptors (Lipinski definition) is 3. The Balaban J connectivity index is 1.59. The first-order valence-corrected chi connectivity index (χ1v) is 7.74. The topological polar surface area (TPSA) is 71.8 Å². The van der Waals surface area contributed by atoms with Gasteiger partial charge < -0.3 is 10.6 Å². The fourth-order valence-electron chi connectivity index (χ4n) is 2.71. The number of anilines is 1. The van der Waals surface area contributed by atoms with E-state index >= 15 is 0 Å². The van der Waals surface area contributed by atoms with Crippen LogP contribution in [0.3, 0.4) is 0 Å². The summed E-state index contributed by atoms with van der Waals surface area (Å²) in [5.74, 6) is 0.654. The summed E-state index contributed by atoms with van der Waals surface area (Å²) in [6.45, 7) is 2.76. The maximum Gasteiger partial charge on any atom is 0.319 e. The zero-order valence-electron chi connectivity index (χ0n) is 12.7. The van der Waals surface area contributed by atoms with Crippen LogP contribution in [0, 0.1) is 5.92 Å². The van der Waals surface area contributed by atoms with Gasteiger partial charge in [-0.05, 0) is 30.4 Å². The van der Waals surface area contributed by atoms with Gasteiger partial charge >= 0.3 is 6.03 Å². The highest BCUT2D eigenvalue weighted by Gasteiger charge is 2.37. The monoisotopic (exact) mass is 299 g/mol. The Bertz CT molecular complexity index is 625. The standard InChI is InChI=1S/C16H21N5O/c1-2-5-12-8-15(12)20-16(22)19-14-7-4-3-6-13(14)9-21-11-17-10-18-21/h3-4,6-7,10-12,15H,2,5,8-9H2,1H3,(H2,19,20,22)/t12-,15-/m1/s1. The summed E-state index contributed by atoms with van der Waals surface area (Å²) in [5, 5.41) is 10.1. The number of carbonyl (C=O) groups is 1. The molecule has 1 aliphatic carbocycles. The van der Waals surface area contributed by atoms with Crippen molar-refractivity contribution in [1.82, 2.24) is 20.1 Å². The maximum absolute atomic E-state index is 12.1. The minimum Gasteiger partial charge on any atom is -0.335 e. The second-order valence-corrected chi connectivity index (χ2v) is 5.74. The molecule has 2 atom stereocenters. The van der Waals surface area contributed by atoms with E-state index in [0.717, 1.165) is 17.7 Å². The number of nitrogens with zero attached hydrogens (tertiary/aromatic N) is 3. The first kappa shape index (κ1) is 14.6. The smallest absolute Gasteiger partial charge is 0.319 e. The van der Waals surface area contributed by atoms with Gasteiger partial charge in [-0.1, -0.05) is 31.5 Å². The lowest BCUT2D eigenvalue weighted by Crippen LogP contribution is -2.31. The molecule has 0 saturated heterocycles. The third-order valence-electron chi connectivity index (χ3n) is 3.96. The molecule has 1 fully saturated rings. The molecule has 0 spiro atoms. The van der Waals surface area contributed by atoms with E-state index in [1.165, 1.54) is 19.2 Å². The van der Waals surface area contributed by atoms with E-state index in [1.807, 2.05) is 24.3 Å². The van der Waals surface area contributed by atoms with Gasteiger partial charge in [-0.2, -0.15) is 5.10 Å². The van der Waals surface area contributed by atoms with E-state index < -0.39 is 0 Å². The van der Waals surface area contributed by atoms with Crippen molar-refractivity contribution in [2.75, 3.05) is 5.32 Å². The molecule has 2 N–H and O–H groups in total. The first-order chi connectivity index (χ1) is 10.8. The quantitative estimate of drug-likeness (QED) is 0.861. The second-order valence-electron chi connectivity index (χ2n) is 5.74. The van der Waals surface area contributed by atoms with Crippen molar-refractivity contribution in [1.29, 1.82) is 0 Å². The van der Waals surface area contributed by atoms with Crippen LogP contribution in [0.4, 0.5) is 10.5 Å². The van der Waals surface area contributed by atoms with Crippen molar-refractivity contribution in [3.05, 3.63) is 42.5 Å². The summed E-state index contributed by atoms with van der Waals surface area (Å²) in [4.78, 5) is 16.0. The molecule has 1 saturated carbocycles. The lowest BCUT2D eigenvalue weighted by molar-refractivity contribution is 0.251. The molecule has 0 bridgehead atoms. The number of amides is 2. The van der Waals surface area contributed by atoms with E-state index in [1.54, 1.807) is 11.0 Å². The average molecular weight is 299 g/mol. The van der Waals surface area contributed by atoms with Crippen molar-refractivity contribution < 1.29 is 4.79 Å². The number of nitrogens with one attached hydrogen (secondary N) is 2. The molecule has 22 heavy (non-hydrogen) atoms. The third kappa shape index (κ3) is 3.63. The molecule has 6 nitrogen and oxygen atoms in total. The molecule has 0 unspecified atom stereocenters. The lowest BCUT2D eigenvalue weighted by atomic mass is 10.2. The van der Waals surface area contributed by atoms with E-state index in [-0.39, 0.29) is 6.03 Å². The number of carbonyl (C=O) groups excluding carboxylic acids is 1. The van der Waals surface area contributed by atoms with Crippen molar-refractivity contribution in [3.8, 4) is 0 Å². The lowest BCUT2D eigenvalue weighted by Gasteiger charge is -2.12. The molecule has 1 aliphatic rings. The summed E-state index contributed by atoms with van der Waals surface area (Å²) >= 11 is 0. The summed E-state index contributed by atoms with van der Waals surface area (Å²) < 4.78 is 1.73. The molecule has 0 aliphatic heterocycles. The molecule has 2 amide bonds. The molecular formula is C16H21N5O. The van der Waals surface area contributed by atoms with Gasteiger partial charge in [0, 0.05) is 11.7 Å². The van der Waals surface area contributed by atoms with Crippen LogP contribution in [-0.4, -0.2) is 26.8 Å². The summed E-state index contributed by atoms with van der Waals surface area (Å²) in [6, 6.07) is 7.96. The maximum atomic E-state index is 12.1. The van der Waals surface area contributed by atoms with Crippen LogP contribution in [-0.2, 0) is 6.54 Å². The van der Waals surface area contributed by atoms with Crippen molar-refractivity contribution >= 4 is 11.7 Å². The van der Waals surface area contributed by atoms with Crippen LogP contribution in [0.2, 0.25) is 0 Å².